The number of hydrogen-bond acceptors (Lipinski definition) is 10. The molecule has 0 aliphatic heterocycles. The van der Waals surface area contributed by atoms with E-state index in [0.29, 0.717) is 84.5 Å². The van der Waals surface area contributed by atoms with Gasteiger partial charge >= 0.3 is 0 Å². The number of nitrogens with zero attached hydrogens (tertiary/aromatic N) is 2. The third-order valence-corrected chi connectivity index (χ3v) is 10.5. The first-order valence-corrected chi connectivity index (χ1v) is 18.9. The molecule has 6 amide bonds. The van der Waals surface area contributed by atoms with E-state index in [0.717, 1.165) is 9.79 Å². The van der Waals surface area contributed by atoms with Gasteiger partial charge in [0.15, 0.2) is 0 Å². The molecule has 8 N–H and O–H groups in total. The van der Waals surface area contributed by atoms with Gasteiger partial charge in [0.25, 0.3) is 11.8 Å². The number of aromatic nitrogens is 2. The smallest absolute Gasteiger partial charge is 0.252 e. The Labute approximate surface area is 308 Å². The third-order valence-electron chi connectivity index (χ3n) is 8.03. The average Bonchev–Trinajstić information content (AvgIpc) is 3.11. The Balaban J connectivity index is 1.37. The lowest BCUT2D eigenvalue weighted by molar-refractivity contribution is -0.126. The van der Waals surface area contributed by atoms with Gasteiger partial charge in [0.1, 0.15) is 12.1 Å². The molecule has 4 rings (SSSR count). The van der Waals surface area contributed by atoms with Crippen LogP contribution in [0.15, 0.2) is 70.7 Å². The molecule has 0 spiro atoms. The molecule has 0 fully saturated rings. The molecular weight excluding hydrogens is 705 g/mol. The van der Waals surface area contributed by atoms with E-state index in [2.05, 4.69) is 31.2 Å². The van der Waals surface area contributed by atoms with Crippen molar-refractivity contribution in [1.82, 2.24) is 31.2 Å². The highest BCUT2D eigenvalue weighted by molar-refractivity contribution is 8.76. The van der Waals surface area contributed by atoms with Crippen molar-refractivity contribution in [3.8, 4) is 0 Å². The number of para-hydroxylation sites is 2. The van der Waals surface area contributed by atoms with E-state index in [1.807, 2.05) is 36.4 Å². The van der Waals surface area contributed by atoms with Crippen molar-refractivity contribution < 1.29 is 28.8 Å². The van der Waals surface area contributed by atoms with Crippen LogP contribution in [-0.4, -0.2) is 70.6 Å². The van der Waals surface area contributed by atoms with Crippen molar-refractivity contribution in [3.63, 3.8) is 0 Å². The minimum absolute atomic E-state index is 0.251. The molecule has 0 aliphatic rings. The second-order valence-electron chi connectivity index (χ2n) is 12.0. The SMILES string of the molecule is CC(=O)NC(CCCCNC(=O)c1ccnc2c(SSc3cccc4c(C(=O)NCCCC[C@H](NC(C)=O)C(N)=O)ccnc34)cccc12)C(N)=O. The fourth-order valence-corrected chi connectivity index (χ4v) is 7.80. The number of primary amides is 2. The molecule has 52 heavy (non-hydrogen) atoms. The molecule has 2 heterocycles. The lowest BCUT2D eigenvalue weighted by Crippen LogP contribution is -2.43. The van der Waals surface area contributed by atoms with Crippen LogP contribution < -0.4 is 32.7 Å². The summed E-state index contributed by atoms with van der Waals surface area (Å²) in [6.45, 7) is 3.41. The van der Waals surface area contributed by atoms with E-state index in [9.17, 15) is 28.8 Å². The van der Waals surface area contributed by atoms with Crippen molar-refractivity contribution >= 4 is 78.8 Å². The summed E-state index contributed by atoms with van der Waals surface area (Å²) in [4.78, 5) is 82.9. The van der Waals surface area contributed by atoms with Crippen LogP contribution in [0.3, 0.4) is 0 Å². The maximum absolute atomic E-state index is 13.2. The zero-order valence-corrected chi connectivity index (χ0v) is 30.5. The zero-order valence-electron chi connectivity index (χ0n) is 28.9. The number of amides is 6. The topological polar surface area (TPSA) is 228 Å². The van der Waals surface area contributed by atoms with Gasteiger partial charge in [0.05, 0.1) is 22.2 Å². The molecule has 274 valence electrons. The number of unbranched alkanes of at least 4 members (excludes halogenated alkanes) is 2. The minimum atomic E-state index is -0.743. The van der Waals surface area contributed by atoms with E-state index in [1.54, 1.807) is 24.5 Å². The zero-order chi connectivity index (χ0) is 37.6. The number of pyridine rings is 2. The first-order valence-electron chi connectivity index (χ1n) is 16.8. The maximum atomic E-state index is 13.2. The molecule has 0 bridgehead atoms. The summed E-state index contributed by atoms with van der Waals surface area (Å²) in [7, 11) is 2.94. The van der Waals surface area contributed by atoms with Crippen molar-refractivity contribution in [2.45, 2.75) is 74.2 Å². The highest BCUT2D eigenvalue weighted by atomic mass is 33.1. The Morgan fingerprint density at radius 2 is 1.02 bits per heavy atom. The molecular formula is C36H42N8O6S2. The van der Waals surface area contributed by atoms with Crippen LogP contribution in [0.25, 0.3) is 21.8 Å². The summed E-state index contributed by atoms with van der Waals surface area (Å²) < 4.78 is 0. The van der Waals surface area contributed by atoms with Gasteiger partial charge < -0.3 is 32.7 Å². The fourth-order valence-electron chi connectivity index (χ4n) is 5.52. The molecule has 2 atom stereocenters. The predicted octanol–water partition coefficient (Wildman–Crippen LogP) is 3.36. The standard InChI is InChI=1S/C36H42N8O6S2/c1-21(45)43-27(33(37)47)11-3-5-17-41-35(49)25-15-19-39-31-23(25)9-7-13-29(31)51-52-30-14-8-10-24-26(16-20-40-32(24)30)36(50)42-18-6-4-12-28(34(38)48)44-22(2)46/h7-10,13-16,19-20,27-28H,3-6,11-12,17-18H2,1-2H3,(H2,37,47)(H2,38,48)(H,41,49)(H,42,50)(H,43,45)(H,44,46)/t27-,28?/m0/s1. The number of carbonyl (C=O) groups excluding carboxylic acids is 6. The normalized spacial score (nSPS) is 12.1. The second-order valence-corrected chi connectivity index (χ2v) is 14.2. The third kappa shape index (κ3) is 11.1. The molecule has 14 nitrogen and oxygen atoms in total. The Morgan fingerprint density at radius 1 is 0.615 bits per heavy atom. The van der Waals surface area contributed by atoms with Crippen LogP contribution >= 0.6 is 21.6 Å². The molecule has 0 radical (unpaired) electrons. The lowest BCUT2D eigenvalue weighted by Gasteiger charge is -2.14. The van der Waals surface area contributed by atoms with Gasteiger partial charge in [-0.25, -0.2) is 0 Å². The van der Waals surface area contributed by atoms with Crippen molar-refractivity contribution in [2.75, 3.05) is 13.1 Å². The molecule has 2 aromatic carbocycles. The Kier molecular flexibility index (Phi) is 14.8. The Morgan fingerprint density at radius 3 is 1.38 bits per heavy atom. The van der Waals surface area contributed by atoms with E-state index in [-0.39, 0.29) is 23.6 Å². The average molecular weight is 747 g/mol. The minimum Gasteiger partial charge on any atom is -0.368 e. The Hall–Kier alpha value is -5.22. The summed E-state index contributed by atoms with van der Waals surface area (Å²) in [5.74, 6) is -2.35. The van der Waals surface area contributed by atoms with E-state index < -0.39 is 23.9 Å². The Bertz CT molecular complexity index is 1820. The second kappa shape index (κ2) is 19.4. The first kappa shape index (κ1) is 39.6. The number of fused-ring (bicyclic) bond motifs is 2. The number of benzene rings is 2. The van der Waals surface area contributed by atoms with Gasteiger partial charge in [-0.05, 0) is 62.8 Å². The fraction of sp³-hybridized carbons (Fsp3) is 0.333. The van der Waals surface area contributed by atoms with Gasteiger partial charge in [-0.1, -0.05) is 45.9 Å². The molecule has 16 heteroatoms. The van der Waals surface area contributed by atoms with Crippen LogP contribution in [0.4, 0.5) is 0 Å². The van der Waals surface area contributed by atoms with E-state index >= 15 is 0 Å². The van der Waals surface area contributed by atoms with Crippen molar-refractivity contribution in [1.29, 1.82) is 0 Å². The predicted molar refractivity (Wildman–Crippen MR) is 201 cm³/mol. The lowest BCUT2D eigenvalue weighted by atomic mass is 10.1. The number of nitrogens with one attached hydrogen (secondary N) is 4. The number of nitrogens with two attached hydrogens (primary N) is 2. The monoisotopic (exact) mass is 746 g/mol. The maximum Gasteiger partial charge on any atom is 0.252 e. The molecule has 0 aliphatic carbocycles. The molecule has 2 aromatic heterocycles. The molecule has 4 aromatic rings. The number of carbonyl (C=O) groups is 6. The largest absolute Gasteiger partial charge is 0.368 e. The van der Waals surface area contributed by atoms with Crippen LogP contribution in [0.2, 0.25) is 0 Å². The molecule has 1 unspecified atom stereocenters. The number of rotatable bonds is 19. The summed E-state index contributed by atoms with van der Waals surface area (Å²) in [5.41, 5.74) is 13.0. The van der Waals surface area contributed by atoms with Gasteiger partial charge in [0, 0.05) is 59.9 Å². The van der Waals surface area contributed by atoms with Crippen LogP contribution in [0.1, 0.15) is 73.1 Å². The van der Waals surface area contributed by atoms with Crippen LogP contribution in [0.5, 0.6) is 0 Å². The van der Waals surface area contributed by atoms with Gasteiger partial charge in [0.2, 0.25) is 23.6 Å². The summed E-state index contributed by atoms with van der Waals surface area (Å²) >= 11 is 0. The molecule has 0 saturated heterocycles. The van der Waals surface area contributed by atoms with E-state index in [1.165, 1.54) is 35.4 Å². The highest BCUT2D eigenvalue weighted by Gasteiger charge is 2.19. The quantitative estimate of drug-likeness (QED) is 0.0606. The number of hydrogen-bond donors (Lipinski definition) is 6. The van der Waals surface area contributed by atoms with Crippen molar-refractivity contribution in [2.24, 2.45) is 11.5 Å². The van der Waals surface area contributed by atoms with Gasteiger partial charge in [-0.2, -0.15) is 0 Å². The summed E-state index contributed by atoms with van der Waals surface area (Å²) in [6.07, 6.45) is 6.32. The van der Waals surface area contributed by atoms with Crippen molar-refractivity contribution in [3.05, 3.63) is 72.1 Å². The summed E-state index contributed by atoms with van der Waals surface area (Å²) in [5, 5.41) is 12.3. The molecule has 0 saturated carbocycles. The highest BCUT2D eigenvalue weighted by Crippen LogP contribution is 2.42. The van der Waals surface area contributed by atoms with Crippen LogP contribution in [-0.2, 0) is 19.2 Å². The van der Waals surface area contributed by atoms with Crippen LogP contribution in [0, 0.1) is 0 Å². The van der Waals surface area contributed by atoms with Gasteiger partial charge in [-0.3, -0.25) is 38.7 Å². The van der Waals surface area contributed by atoms with Gasteiger partial charge in [-0.15, -0.1) is 0 Å². The summed E-state index contributed by atoms with van der Waals surface area (Å²) in [6, 6.07) is 13.1. The van der Waals surface area contributed by atoms with E-state index in [4.69, 9.17) is 11.5 Å². The first-order chi connectivity index (χ1) is 25.0.